The average molecular weight is 340 g/mol. The summed E-state index contributed by atoms with van der Waals surface area (Å²) in [7, 11) is 1.79. The normalized spacial score (nSPS) is 12.6. The summed E-state index contributed by atoms with van der Waals surface area (Å²) in [4.78, 5) is 8.36. The minimum absolute atomic E-state index is 0.123. The van der Waals surface area contributed by atoms with Gasteiger partial charge < -0.3 is 15.4 Å². The minimum atomic E-state index is 0.123. The summed E-state index contributed by atoms with van der Waals surface area (Å²) in [6, 6.07) is 14.3. The lowest BCUT2D eigenvalue weighted by Crippen LogP contribution is -2.39. The van der Waals surface area contributed by atoms with E-state index < -0.39 is 0 Å². The topological polar surface area (TPSA) is 58.5 Å². The predicted molar refractivity (Wildman–Crippen MR) is 103 cm³/mol. The maximum absolute atomic E-state index is 5.88. The van der Waals surface area contributed by atoms with Gasteiger partial charge in [0.15, 0.2) is 5.96 Å². The second-order valence-electron chi connectivity index (χ2n) is 5.81. The van der Waals surface area contributed by atoms with Crippen LogP contribution in [-0.2, 0) is 11.2 Å². The fourth-order valence-corrected chi connectivity index (χ4v) is 2.45. The SMILES string of the molecule is CN=C(NCCCOC(C)c1ccccc1)NCCc1cccnc1. The molecule has 0 aliphatic heterocycles. The van der Waals surface area contributed by atoms with Crippen LogP contribution in [0.5, 0.6) is 0 Å². The summed E-state index contributed by atoms with van der Waals surface area (Å²) in [6.07, 6.45) is 5.66. The first kappa shape index (κ1) is 18.9. The first-order valence-electron chi connectivity index (χ1n) is 8.79. The highest BCUT2D eigenvalue weighted by Gasteiger charge is 2.04. The van der Waals surface area contributed by atoms with Crippen molar-refractivity contribution >= 4 is 5.96 Å². The molecule has 1 atom stereocenters. The Balaban J connectivity index is 1.56. The third kappa shape index (κ3) is 7.35. The summed E-state index contributed by atoms with van der Waals surface area (Å²) in [5.74, 6) is 0.819. The molecule has 0 saturated heterocycles. The van der Waals surface area contributed by atoms with E-state index in [1.807, 2.05) is 30.5 Å². The van der Waals surface area contributed by atoms with Crippen molar-refractivity contribution in [1.29, 1.82) is 0 Å². The van der Waals surface area contributed by atoms with Gasteiger partial charge in [-0.2, -0.15) is 0 Å². The van der Waals surface area contributed by atoms with E-state index in [1.165, 1.54) is 11.1 Å². The van der Waals surface area contributed by atoms with E-state index in [0.29, 0.717) is 0 Å². The standard InChI is InChI=1S/C20H28N4O/c1-17(19-9-4-3-5-10-19)25-15-7-13-23-20(21-2)24-14-11-18-8-6-12-22-16-18/h3-6,8-10,12,16-17H,7,11,13-15H2,1-2H3,(H2,21,23,24). The van der Waals surface area contributed by atoms with E-state index >= 15 is 0 Å². The van der Waals surface area contributed by atoms with Gasteiger partial charge in [-0.25, -0.2) is 0 Å². The van der Waals surface area contributed by atoms with Crippen molar-refractivity contribution in [2.24, 2.45) is 4.99 Å². The quantitative estimate of drug-likeness (QED) is 0.419. The van der Waals surface area contributed by atoms with Crippen molar-refractivity contribution < 1.29 is 4.74 Å². The van der Waals surface area contributed by atoms with Crippen LogP contribution in [0, 0.1) is 0 Å². The van der Waals surface area contributed by atoms with Crippen LogP contribution in [0.2, 0.25) is 0 Å². The molecule has 0 aliphatic carbocycles. The number of rotatable bonds is 9. The molecule has 2 aromatic rings. The Morgan fingerprint density at radius 2 is 1.92 bits per heavy atom. The molecule has 0 spiro atoms. The second kappa shape index (κ2) is 11.2. The maximum Gasteiger partial charge on any atom is 0.190 e. The minimum Gasteiger partial charge on any atom is -0.374 e. The van der Waals surface area contributed by atoms with E-state index in [2.05, 4.69) is 45.7 Å². The molecule has 134 valence electrons. The number of nitrogens with zero attached hydrogens (tertiary/aromatic N) is 2. The number of hydrogen-bond acceptors (Lipinski definition) is 3. The van der Waals surface area contributed by atoms with Gasteiger partial charge in [0.25, 0.3) is 0 Å². The highest BCUT2D eigenvalue weighted by atomic mass is 16.5. The van der Waals surface area contributed by atoms with Crippen molar-refractivity contribution in [1.82, 2.24) is 15.6 Å². The predicted octanol–water partition coefficient (Wildman–Crippen LogP) is 2.96. The van der Waals surface area contributed by atoms with Crippen LogP contribution in [0.15, 0.2) is 59.9 Å². The molecule has 1 aromatic heterocycles. The van der Waals surface area contributed by atoms with Crippen molar-refractivity contribution in [3.05, 3.63) is 66.0 Å². The van der Waals surface area contributed by atoms with Crippen molar-refractivity contribution in [3.63, 3.8) is 0 Å². The monoisotopic (exact) mass is 340 g/mol. The number of aliphatic imine (C=N–C) groups is 1. The van der Waals surface area contributed by atoms with E-state index in [9.17, 15) is 0 Å². The highest BCUT2D eigenvalue weighted by Crippen LogP contribution is 2.15. The molecule has 5 heteroatoms. The molecule has 0 radical (unpaired) electrons. The average Bonchev–Trinajstić information content (AvgIpc) is 2.67. The van der Waals surface area contributed by atoms with Crippen LogP contribution < -0.4 is 10.6 Å². The molecule has 0 saturated carbocycles. The molecule has 2 rings (SSSR count). The van der Waals surface area contributed by atoms with E-state index in [4.69, 9.17) is 4.74 Å². The van der Waals surface area contributed by atoms with Crippen LogP contribution >= 0.6 is 0 Å². The summed E-state index contributed by atoms with van der Waals surface area (Å²) < 4.78 is 5.88. The van der Waals surface area contributed by atoms with E-state index in [0.717, 1.165) is 38.5 Å². The number of guanidine groups is 1. The molecule has 5 nitrogen and oxygen atoms in total. The Morgan fingerprint density at radius 3 is 2.64 bits per heavy atom. The number of aromatic nitrogens is 1. The smallest absolute Gasteiger partial charge is 0.190 e. The van der Waals surface area contributed by atoms with Crippen LogP contribution in [0.4, 0.5) is 0 Å². The number of benzene rings is 1. The summed E-state index contributed by atoms with van der Waals surface area (Å²) in [5, 5.41) is 6.63. The Labute approximate surface area is 150 Å². The Hall–Kier alpha value is -2.40. The summed E-state index contributed by atoms with van der Waals surface area (Å²) in [6.45, 7) is 4.46. The van der Waals surface area contributed by atoms with Gasteiger partial charge in [0.05, 0.1) is 6.10 Å². The van der Waals surface area contributed by atoms with Gasteiger partial charge in [-0.05, 0) is 37.0 Å². The lowest BCUT2D eigenvalue weighted by Gasteiger charge is -2.15. The fraction of sp³-hybridized carbons (Fsp3) is 0.400. The lowest BCUT2D eigenvalue weighted by molar-refractivity contribution is 0.0646. The fourth-order valence-electron chi connectivity index (χ4n) is 2.45. The van der Waals surface area contributed by atoms with Gasteiger partial charge in [0.1, 0.15) is 0 Å². The maximum atomic E-state index is 5.88. The van der Waals surface area contributed by atoms with Crippen molar-refractivity contribution in [2.45, 2.75) is 25.9 Å². The summed E-state index contributed by atoms with van der Waals surface area (Å²) >= 11 is 0. The number of ether oxygens (including phenoxy) is 1. The van der Waals surface area contributed by atoms with Gasteiger partial charge in [0.2, 0.25) is 0 Å². The first-order chi connectivity index (χ1) is 12.3. The van der Waals surface area contributed by atoms with Crippen LogP contribution in [0.25, 0.3) is 0 Å². The molecule has 25 heavy (non-hydrogen) atoms. The van der Waals surface area contributed by atoms with Gasteiger partial charge in [-0.1, -0.05) is 36.4 Å². The number of nitrogens with one attached hydrogen (secondary N) is 2. The lowest BCUT2D eigenvalue weighted by atomic mass is 10.1. The summed E-state index contributed by atoms with van der Waals surface area (Å²) in [5.41, 5.74) is 2.43. The van der Waals surface area contributed by atoms with Crippen LogP contribution in [0.1, 0.15) is 30.6 Å². The third-order valence-corrected chi connectivity index (χ3v) is 3.90. The molecule has 1 heterocycles. The molecule has 1 unspecified atom stereocenters. The molecule has 0 amide bonds. The third-order valence-electron chi connectivity index (χ3n) is 3.90. The number of pyridine rings is 1. The Morgan fingerprint density at radius 1 is 1.12 bits per heavy atom. The van der Waals surface area contributed by atoms with Gasteiger partial charge in [0, 0.05) is 39.1 Å². The molecule has 0 fully saturated rings. The molecular formula is C20H28N4O. The number of hydrogen-bond donors (Lipinski definition) is 2. The van der Waals surface area contributed by atoms with Crippen molar-refractivity contribution in [3.8, 4) is 0 Å². The zero-order chi connectivity index (χ0) is 17.7. The molecule has 0 aliphatic rings. The van der Waals surface area contributed by atoms with Crippen LogP contribution in [-0.4, -0.2) is 37.7 Å². The molecular weight excluding hydrogens is 312 g/mol. The van der Waals surface area contributed by atoms with Gasteiger partial charge >= 0.3 is 0 Å². The molecule has 0 bridgehead atoms. The zero-order valence-electron chi connectivity index (χ0n) is 15.1. The van der Waals surface area contributed by atoms with E-state index in [1.54, 1.807) is 13.2 Å². The Bertz CT molecular complexity index is 616. The first-order valence-corrected chi connectivity index (χ1v) is 8.79. The van der Waals surface area contributed by atoms with Gasteiger partial charge in [-0.3, -0.25) is 9.98 Å². The largest absolute Gasteiger partial charge is 0.374 e. The zero-order valence-corrected chi connectivity index (χ0v) is 15.1. The Kier molecular flexibility index (Phi) is 8.49. The molecule has 1 aromatic carbocycles. The van der Waals surface area contributed by atoms with Gasteiger partial charge in [-0.15, -0.1) is 0 Å². The van der Waals surface area contributed by atoms with Crippen molar-refractivity contribution in [2.75, 3.05) is 26.7 Å². The van der Waals surface area contributed by atoms with Crippen LogP contribution in [0.3, 0.4) is 0 Å². The second-order valence-corrected chi connectivity index (χ2v) is 5.81. The highest BCUT2D eigenvalue weighted by molar-refractivity contribution is 5.79. The molecule has 2 N–H and O–H groups in total. The van der Waals surface area contributed by atoms with E-state index in [-0.39, 0.29) is 6.10 Å².